The Morgan fingerprint density at radius 2 is 1.55 bits per heavy atom. The van der Waals surface area contributed by atoms with Gasteiger partial charge in [0.1, 0.15) is 24.5 Å². The molecule has 0 saturated heterocycles. The van der Waals surface area contributed by atoms with E-state index in [0.717, 1.165) is 5.56 Å². The van der Waals surface area contributed by atoms with Gasteiger partial charge in [0, 0.05) is 5.56 Å². The molecule has 0 aliphatic heterocycles. The largest absolute Gasteiger partial charge is 0.495 e. The van der Waals surface area contributed by atoms with E-state index in [1.165, 1.54) is 13.3 Å². The van der Waals surface area contributed by atoms with Crippen molar-refractivity contribution < 1.29 is 19.1 Å². The van der Waals surface area contributed by atoms with Crippen LogP contribution in [-0.4, -0.2) is 25.1 Å². The summed E-state index contributed by atoms with van der Waals surface area (Å²) in [6.07, 6.45) is 1.11. The molecule has 0 aliphatic rings. The van der Waals surface area contributed by atoms with E-state index >= 15 is 0 Å². The Morgan fingerprint density at radius 3 is 2.32 bits per heavy atom. The first-order valence-electron chi connectivity index (χ1n) is 9.66. The standard InChI is InChI=1S/C24H23N3O4/c1-30-22-14-8-6-12-20(22)26-23(28)15-24(29)27-25-16-19-11-5-7-13-21(19)31-17-18-9-3-2-4-10-18/h2-14,16H,15,17H2,1H3,(H,26,28)(H,27,29). The minimum absolute atomic E-state index is 0.373. The molecule has 0 bridgehead atoms. The summed E-state index contributed by atoms with van der Waals surface area (Å²) in [4.78, 5) is 24.1. The van der Waals surface area contributed by atoms with E-state index in [2.05, 4.69) is 15.8 Å². The van der Waals surface area contributed by atoms with E-state index in [-0.39, 0.29) is 6.42 Å². The van der Waals surface area contributed by atoms with Crippen molar-refractivity contribution in [3.63, 3.8) is 0 Å². The summed E-state index contributed by atoms with van der Waals surface area (Å²) in [6.45, 7) is 0.418. The zero-order chi connectivity index (χ0) is 21.9. The van der Waals surface area contributed by atoms with Gasteiger partial charge in [0.05, 0.1) is 19.0 Å². The Morgan fingerprint density at radius 1 is 0.871 bits per heavy atom. The molecular formula is C24H23N3O4. The molecule has 0 unspecified atom stereocenters. The number of rotatable bonds is 9. The average molecular weight is 417 g/mol. The summed E-state index contributed by atoms with van der Waals surface area (Å²) in [5, 5.41) is 6.59. The molecular weight excluding hydrogens is 394 g/mol. The predicted molar refractivity (Wildman–Crippen MR) is 119 cm³/mol. The molecule has 0 aromatic heterocycles. The summed E-state index contributed by atoms with van der Waals surface area (Å²) in [5.41, 5.74) is 4.61. The summed E-state index contributed by atoms with van der Waals surface area (Å²) in [5.74, 6) is 0.148. The van der Waals surface area contributed by atoms with Gasteiger partial charge in [-0.2, -0.15) is 5.10 Å². The Kier molecular flexibility index (Phi) is 7.77. The number of amides is 2. The topological polar surface area (TPSA) is 89.0 Å². The molecule has 3 rings (SSSR count). The van der Waals surface area contributed by atoms with Gasteiger partial charge < -0.3 is 14.8 Å². The second-order valence-electron chi connectivity index (χ2n) is 6.53. The molecule has 2 amide bonds. The van der Waals surface area contributed by atoms with E-state index < -0.39 is 11.8 Å². The second kappa shape index (κ2) is 11.2. The van der Waals surface area contributed by atoms with Crippen molar-refractivity contribution in [3.8, 4) is 11.5 Å². The van der Waals surface area contributed by atoms with E-state index in [9.17, 15) is 9.59 Å². The number of para-hydroxylation sites is 3. The van der Waals surface area contributed by atoms with Gasteiger partial charge in [0.2, 0.25) is 11.8 Å². The molecule has 31 heavy (non-hydrogen) atoms. The van der Waals surface area contributed by atoms with Crippen molar-refractivity contribution >= 4 is 23.7 Å². The number of methoxy groups -OCH3 is 1. The Balaban J connectivity index is 1.52. The maximum absolute atomic E-state index is 12.1. The highest BCUT2D eigenvalue weighted by molar-refractivity contribution is 6.04. The van der Waals surface area contributed by atoms with E-state index in [4.69, 9.17) is 9.47 Å². The number of nitrogens with one attached hydrogen (secondary N) is 2. The lowest BCUT2D eigenvalue weighted by Gasteiger charge is -2.09. The third kappa shape index (κ3) is 6.71. The van der Waals surface area contributed by atoms with Crippen molar-refractivity contribution in [1.82, 2.24) is 5.43 Å². The quantitative estimate of drug-likeness (QED) is 0.315. The van der Waals surface area contributed by atoms with Crippen molar-refractivity contribution in [2.45, 2.75) is 13.0 Å². The normalized spacial score (nSPS) is 10.5. The van der Waals surface area contributed by atoms with Crippen molar-refractivity contribution in [3.05, 3.63) is 90.0 Å². The van der Waals surface area contributed by atoms with E-state index in [1.807, 2.05) is 54.6 Å². The lowest BCUT2D eigenvalue weighted by molar-refractivity contribution is -0.126. The van der Waals surface area contributed by atoms with Crippen LogP contribution in [0.25, 0.3) is 0 Å². The van der Waals surface area contributed by atoms with Crippen LogP contribution in [0.5, 0.6) is 11.5 Å². The van der Waals surface area contributed by atoms with Gasteiger partial charge in [-0.1, -0.05) is 54.6 Å². The maximum atomic E-state index is 12.1. The molecule has 7 nitrogen and oxygen atoms in total. The molecule has 0 aliphatic carbocycles. The van der Waals surface area contributed by atoms with Crippen molar-refractivity contribution in [2.24, 2.45) is 5.10 Å². The van der Waals surface area contributed by atoms with E-state index in [1.54, 1.807) is 24.3 Å². The first-order chi connectivity index (χ1) is 15.2. The maximum Gasteiger partial charge on any atom is 0.249 e. The monoisotopic (exact) mass is 417 g/mol. The SMILES string of the molecule is COc1ccccc1NC(=O)CC(=O)NN=Cc1ccccc1OCc1ccccc1. The van der Waals surface area contributed by atoms with Gasteiger partial charge in [-0.15, -0.1) is 0 Å². The lowest BCUT2D eigenvalue weighted by Crippen LogP contribution is -2.24. The minimum atomic E-state index is -0.536. The molecule has 0 fully saturated rings. The summed E-state index contributed by atoms with van der Waals surface area (Å²) in [7, 11) is 1.51. The number of ether oxygens (including phenoxy) is 2. The fraction of sp³-hybridized carbons (Fsp3) is 0.125. The summed E-state index contributed by atoms with van der Waals surface area (Å²) in [6, 6.07) is 24.1. The number of hydrazone groups is 1. The zero-order valence-corrected chi connectivity index (χ0v) is 17.1. The van der Waals surface area contributed by atoms with Crippen LogP contribution in [0, 0.1) is 0 Å². The van der Waals surface area contributed by atoms with Crippen LogP contribution in [0.15, 0.2) is 84.0 Å². The molecule has 7 heteroatoms. The molecule has 0 spiro atoms. The first-order valence-corrected chi connectivity index (χ1v) is 9.66. The highest BCUT2D eigenvalue weighted by Gasteiger charge is 2.11. The predicted octanol–water partition coefficient (Wildman–Crippen LogP) is 3.75. The Labute approximate surface area is 180 Å². The Bertz CT molecular complexity index is 1050. The first kappa shape index (κ1) is 21.6. The number of hydrogen-bond donors (Lipinski definition) is 2. The molecule has 0 radical (unpaired) electrons. The molecule has 0 atom stereocenters. The summed E-state index contributed by atoms with van der Waals surface area (Å²) < 4.78 is 11.0. The van der Waals surface area contributed by atoms with Crippen molar-refractivity contribution in [2.75, 3.05) is 12.4 Å². The number of anilines is 1. The number of carbonyl (C=O) groups excluding carboxylic acids is 2. The van der Waals surface area contributed by atoms with Crippen LogP contribution >= 0.6 is 0 Å². The van der Waals surface area contributed by atoms with Crippen LogP contribution in [0.4, 0.5) is 5.69 Å². The highest BCUT2D eigenvalue weighted by atomic mass is 16.5. The third-order valence-corrected chi connectivity index (χ3v) is 4.25. The van der Waals surface area contributed by atoms with E-state index in [0.29, 0.717) is 29.4 Å². The van der Waals surface area contributed by atoms with Crippen LogP contribution in [-0.2, 0) is 16.2 Å². The molecule has 0 saturated carbocycles. The molecule has 0 heterocycles. The fourth-order valence-electron chi connectivity index (χ4n) is 2.76. The van der Waals surface area contributed by atoms with Gasteiger partial charge in [-0.25, -0.2) is 5.43 Å². The highest BCUT2D eigenvalue weighted by Crippen LogP contribution is 2.23. The zero-order valence-electron chi connectivity index (χ0n) is 17.1. The number of hydrogen-bond acceptors (Lipinski definition) is 5. The molecule has 2 N–H and O–H groups in total. The van der Waals surface area contributed by atoms with Gasteiger partial charge in [-0.05, 0) is 29.8 Å². The third-order valence-electron chi connectivity index (χ3n) is 4.25. The van der Waals surface area contributed by atoms with Crippen molar-refractivity contribution in [1.29, 1.82) is 0 Å². The smallest absolute Gasteiger partial charge is 0.249 e. The number of benzene rings is 3. The van der Waals surface area contributed by atoms with Crippen LogP contribution in [0.2, 0.25) is 0 Å². The fourth-order valence-corrected chi connectivity index (χ4v) is 2.76. The lowest BCUT2D eigenvalue weighted by atomic mass is 10.2. The van der Waals surface area contributed by atoms with Gasteiger partial charge in [0.15, 0.2) is 0 Å². The Hall–Kier alpha value is -4.13. The molecule has 158 valence electrons. The number of carbonyl (C=O) groups is 2. The minimum Gasteiger partial charge on any atom is -0.495 e. The van der Waals surface area contributed by atoms with Crippen LogP contribution in [0.1, 0.15) is 17.5 Å². The molecule has 3 aromatic carbocycles. The molecule has 3 aromatic rings. The number of nitrogens with zero attached hydrogens (tertiary/aromatic N) is 1. The van der Waals surface area contributed by atoms with Crippen LogP contribution in [0.3, 0.4) is 0 Å². The van der Waals surface area contributed by atoms with Gasteiger partial charge >= 0.3 is 0 Å². The summed E-state index contributed by atoms with van der Waals surface area (Å²) >= 11 is 0. The second-order valence-corrected chi connectivity index (χ2v) is 6.53. The average Bonchev–Trinajstić information content (AvgIpc) is 2.79. The van der Waals surface area contributed by atoms with Gasteiger partial charge in [-0.3, -0.25) is 9.59 Å². The van der Waals surface area contributed by atoms with Gasteiger partial charge in [0.25, 0.3) is 0 Å². The van der Waals surface area contributed by atoms with Crippen LogP contribution < -0.4 is 20.2 Å².